The number of aryl methyl sites for hydroxylation is 1. The van der Waals surface area contributed by atoms with Gasteiger partial charge in [0.15, 0.2) is 0 Å². The molecule has 0 aliphatic rings. The van der Waals surface area contributed by atoms with Crippen LogP contribution in [0.5, 0.6) is 0 Å². The Kier molecular flexibility index (Phi) is 2.79. The zero-order chi connectivity index (χ0) is 13.2. The molecule has 0 fully saturated rings. The van der Waals surface area contributed by atoms with Crippen LogP contribution in [0.25, 0.3) is 10.9 Å². The van der Waals surface area contributed by atoms with Gasteiger partial charge in [0.2, 0.25) is 0 Å². The maximum atomic E-state index is 12.2. The summed E-state index contributed by atoms with van der Waals surface area (Å²) in [5.74, 6) is -0.0774. The molecule has 19 heavy (non-hydrogen) atoms. The van der Waals surface area contributed by atoms with Gasteiger partial charge < -0.3 is 14.9 Å². The van der Waals surface area contributed by atoms with E-state index in [1.165, 1.54) is 0 Å². The largest absolute Gasteiger partial charge is 0.350 e. The zero-order valence-corrected chi connectivity index (χ0v) is 10.6. The van der Waals surface area contributed by atoms with Crippen LogP contribution in [0.1, 0.15) is 16.1 Å². The quantitative estimate of drug-likeness (QED) is 0.749. The Balaban J connectivity index is 1.85. The normalized spacial score (nSPS) is 10.8. The van der Waals surface area contributed by atoms with Crippen molar-refractivity contribution < 1.29 is 4.79 Å². The Labute approximate surface area is 110 Å². The number of fused-ring (bicyclic) bond motifs is 1. The minimum absolute atomic E-state index is 0.0774. The minimum atomic E-state index is -0.0774. The maximum absolute atomic E-state index is 12.2. The summed E-state index contributed by atoms with van der Waals surface area (Å²) in [4.78, 5) is 19.1. The van der Waals surface area contributed by atoms with Crippen LogP contribution in [0.15, 0.2) is 43.0 Å². The predicted octanol–water partition coefficient (Wildman–Crippen LogP) is 1.83. The third-order valence-electron chi connectivity index (χ3n) is 3.14. The van der Waals surface area contributed by atoms with Gasteiger partial charge in [-0.25, -0.2) is 4.98 Å². The van der Waals surface area contributed by atoms with Gasteiger partial charge in [-0.3, -0.25) is 4.79 Å². The fourth-order valence-corrected chi connectivity index (χ4v) is 2.17. The number of nitrogens with one attached hydrogen (secondary N) is 2. The van der Waals surface area contributed by atoms with Crippen molar-refractivity contribution in [1.29, 1.82) is 0 Å². The standard InChI is InChI=1S/C14H14N4O/c1-18-8-12(11-4-2-3-5-13(11)18)14(19)16-7-10-6-15-9-17-10/h2-6,8-9H,7H2,1H3,(H,15,17)(H,16,19). The number of H-pyrrole nitrogens is 1. The van der Waals surface area contributed by atoms with Gasteiger partial charge in [-0.15, -0.1) is 0 Å². The summed E-state index contributed by atoms with van der Waals surface area (Å²) in [7, 11) is 1.94. The molecule has 0 unspecified atom stereocenters. The molecule has 1 amide bonds. The SMILES string of the molecule is Cn1cc(C(=O)NCc2cnc[nH]2)c2ccccc21. The second-order valence-electron chi connectivity index (χ2n) is 4.43. The first-order valence-electron chi connectivity index (χ1n) is 6.05. The summed E-state index contributed by atoms with van der Waals surface area (Å²) in [6.07, 6.45) is 5.15. The molecular weight excluding hydrogens is 240 g/mol. The third kappa shape index (κ3) is 2.10. The van der Waals surface area contributed by atoms with Crippen molar-refractivity contribution >= 4 is 16.8 Å². The lowest BCUT2D eigenvalue weighted by molar-refractivity contribution is 0.0952. The maximum Gasteiger partial charge on any atom is 0.253 e. The van der Waals surface area contributed by atoms with Gasteiger partial charge in [0, 0.05) is 30.3 Å². The van der Waals surface area contributed by atoms with Crippen LogP contribution >= 0.6 is 0 Å². The first-order valence-corrected chi connectivity index (χ1v) is 6.05. The number of aromatic amines is 1. The van der Waals surface area contributed by atoms with E-state index < -0.39 is 0 Å². The zero-order valence-electron chi connectivity index (χ0n) is 10.6. The Hall–Kier alpha value is -2.56. The molecule has 0 saturated carbocycles. The van der Waals surface area contributed by atoms with Gasteiger partial charge in [-0.05, 0) is 6.07 Å². The first-order chi connectivity index (χ1) is 9.25. The summed E-state index contributed by atoms with van der Waals surface area (Å²) in [5.41, 5.74) is 2.63. The highest BCUT2D eigenvalue weighted by atomic mass is 16.1. The first kappa shape index (κ1) is 11.5. The third-order valence-corrected chi connectivity index (χ3v) is 3.14. The Morgan fingerprint density at radius 3 is 3.05 bits per heavy atom. The molecule has 2 N–H and O–H groups in total. The van der Waals surface area contributed by atoms with Gasteiger partial charge in [0.1, 0.15) is 0 Å². The lowest BCUT2D eigenvalue weighted by Crippen LogP contribution is -2.22. The number of amides is 1. The molecule has 0 radical (unpaired) electrons. The highest BCUT2D eigenvalue weighted by Crippen LogP contribution is 2.20. The molecule has 2 heterocycles. The molecule has 1 aromatic carbocycles. The number of para-hydroxylation sites is 1. The fraction of sp³-hybridized carbons (Fsp3) is 0.143. The van der Waals surface area contributed by atoms with E-state index >= 15 is 0 Å². The smallest absolute Gasteiger partial charge is 0.253 e. The van der Waals surface area contributed by atoms with Crippen molar-refractivity contribution in [3.8, 4) is 0 Å². The van der Waals surface area contributed by atoms with E-state index in [1.807, 2.05) is 42.1 Å². The highest BCUT2D eigenvalue weighted by Gasteiger charge is 2.13. The van der Waals surface area contributed by atoms with Crippen LogP contribution in [0.2, 0.25) is 0 Å². The molecule has 0 atom stereocenters. The average Bonchev–Trinajstić information content (AvgIpc) is 3.05. The van der Waals surface area contributed by atoms with Gasteiger partial charge >= 0.3 is 0 Å². The topological polar surface area (TPSA) is 62.7 Å². The number of nitrogens with zero attached hydrogens (tertiary/aromatic N) is 2. The number of hydrogen-bond donors (Lipinski definition) is 2. The van der Waals surface area contributed by atoms with Crippen molar-refractivity contribution in [2.45, 2.75) is 6.54 Å². The lowest BCUT2D eigenvalue weighted by atomic mass is 10.1. The Bertz CT molecular complexity index is 712. The van der Waals surface area contributed by atoms with Gasteiger partial charge in [-0.1, -0.05) is 18.2 Å². The van der Waals surface area contributed by atoms with Crippen molar-refractivity contribution in [2.24, 2.45) is 7.05 Å². The molecule has 0 saturated heterocycles. The second kappa shape index (κ2) is 4.61. The molecule has 5 nitrogen and oxygen atoms in total. The van der Waals surface area contributed by atoms with Crippen LogP contribution in [0.3, 0.4) is 0 Å². The van der Waals surface area contributed by atoms with Crippen LogP contribution < -0.4 is 5.32 Å². The average molecular weight is 254 g/mol. The fourth-order valence-electron chi connectivity index (χ4n) is 2.17. The second-order valence-corrected chi connectivity index (χ2v) is 4.43. The van der Waals surface area contributed by atoms with Crippen molar-refractivity contribution in [1.82, 2.24) is 19.9 Å². The van der Waals surface area contributed by atoms with Crippen molar-refractivity contribution in [3.63, 3.8) is 0 Å². The molecule has 0 spiro atoms. The number of carbonyl (C=O) groups is 1. The lowest BCUT2D eigenvalue weighted by Gasteiger charge is -2.02. The van der Waals surface area contributed by atoms with Gasteiger partial charge in [0.05, 0.1) is 24.1 Å². The minimum Gasteiger partial charge on any atom is -0.350 e. The summed E-state index contributed by atoms with van der Waals surface area (Å²) >= 11 is 0. The number of imidazole rings is 1. The molecule has 0 aliphatic heterocycles. The molecule has 2 aromatic heterocycles. The van der Waals surface area contributed by atoms with E-state index in [1.54, 1.807) is 12.5 Å². The van der Waals surface area contributed by atoms with Crippen molar-refractivity contribution in [3.05, 3.63) is 54.2 Å². The van der Waals surface area contributed by atoms with Crippen LogP contribution in [0.4, 0.5) is 0 Å². The predicted molar refractivity (Wildman–Crippen MR) is 72.7 cm³/mol. The molecule has 3 aromatic rings. The summed E-state index contributed by atoms with van der Waals surface area (Å²) in [5, 5.41) is 3.85. The van der Waals surface area contributed by atoms with Gasteiger partial charge in [0.25, 0.3) is 5.91 Å². The summed E-state index contributed by atoms with van der Waals surface area (Å²) < 4.78 is 1.96. The number of aromatic nitrogens is 3. The summed E-state index contributed by atoms with van der Waals surface area (Å²) in [6.45, 7) is 0.446. The molecule has 0 bridgehead atoms. The Morgan fingerprint density at radius 1 is 1.42 bits per heavy atom. The van der Waals surface area contributed by atoms with E-state index in [0.29, 0.717) is 12.1 Å². The monoisotopic (exact) mass is 254 g/mol. The number of carbonyl (C=O) groups excluding carboxylic acids is 1. The van der Waals surface area contributed by atoms with Crippen LogP contribution in [-0.2, 0) is 13.6 Å². The van der Waals surface area contributed by atoms with E-state index in [-0.39, 0.29) is 5.91 Å². The van der Waals surface area contributed by atoms with E-state index in [9.17, 15) is 4.79 Å². The van der Waals surface area contributed by atoms with Crippen LogP contribution in [0, 0.1) is 0 Å². The molecular formula is C14H14N4O. The summed E-state index contributed by atoms with van der Waals surface area (Å²) in [6, 6.07) is 7.87. The van der Waals surface area contributed by atoms with E-state index in [0.717, 1.165) is 16.6 Å². The highest BCUT2D eigenvalue weighted by molar-refractivity contribution is 6.06. The van der Waals surface area contributed by atoms with E-state index in [2.05, 4.69) is 15.3 Å². The molecule has 5 heteroatoms. The van der Waals surface area contributed by atoms with Crippen LogP contribution in [-0.4, -0.2) is 20.4 Å². The molecule has 0 aliphatic carbocycles. The number of hydrogen-bond acceptors (Lipinski definition) is 2. The van der Waals surface area contributed by atoms with E-state index in [4.69, 9.17) is 0 Å². The van der Waals surface area contributed by atoms with Crippen molar-refractivity contribution in [2.75, 3.05) is 0 Å². The molecule has 96 valence electrons. The molecule has 3 rings (SSSR count). The number of rotatable bonds is 3. The Morgan fingerprint density at radius 2 is 2.26 bits per heavy atom. The number of benzene rings is 1. The van der Waals surface area contributed by atoms with Gasteiger partial charge in [-0.2, -0.15) is 0 Å².